The molecule has 0 radical (unpaired) electrons. The first-order valence-electron chi connectivity index (χ1n) is 6.97. The molecular weight excluding hydrogens is 250 g/mol. The van der Waals surface area contributed by atoms with E-state index in [1.165, 1.54) is 0 Å². The smallest absolute Gasteiger partial charge is 0.269 e. The molecule has 1 heterocycles. The second kappa shape index (κ2) is 6.37. The predicted octanol–water partition coefficient (Wildman–Crippen LogP) is 3.05. The molecule has 106 valence electrons. The van der Waals surface area contributed by atoms with Gasteiger partial charge in [0, 0.05) is 19.0 Å². The third-order valence-electron chi connectivity index (χ3n) is 3.22. The quantitative estimate of drug-likeness (QED) is 0.878. The van der Waals surface area contributed by atoms with Gasteiger partial charge in [-0.25, -0.2) is 4.98 Å². The van der Waals surface area contributed by atoms with Crippen LogP contribution >= 0.6 is 0 Å². The lowest BCUT2D eigenvalue weighted by Gasteiger charge is -2.10. The van der Waals surface area contributed by atoms with Crippen molar-refractivity contribution in [3.05, 3.63) is 36.0 Å². The molecular formula is C16H21N3O. The zero-order chi connectivity index (χ0) is 14.5. The van der Waals surface area contributed by atoms with Crippen molar-refractivity contribution < 1.29 is 4.79 Å². The lowest BCUT2D eigenvalue weighted by Crippen LogP contribution is -2.26. The Morgan fingerprint density at radius 1 is 1.30 bits per heavy atom. The fourth-order valence-electron chi connectivity index (χ4n) is 2.07. The van der Waals surface area contributed by atoms with Crippen LogP contribution in [-0.4, -0.2) is 24.5 Å². The molecule has 4 nitrogen and oxygen atoms in total. The highest BCUT2D eigenvalue weighted by Crippen LogP contribution is 2.22. The number of carbonyl (C=O) groups is 1. The largest absolute Gasteiger partial charge is 0.373 e. The van der Waals surface area contributed by atoms with Crippen molar-refractivity contribution in [2.24, 2.45) is 5.92 Å². The maximum Gasteiger partial charge on any atom is 0.269 e. The van der Waals surface area contributed by atoms with Gasteiger partial charge in [-0.1, -0.05) is 38.1 Å². The number of hydrogen-bond acceptors (Lipinski definition) is 3. The van der Waals surface area contributed by atoms with E-state index in [1.807, 2.05) is 37.4 Å². The number of anilines is 1. The number of amides is 1. The van der Waals surface area contributed by atoms with Crippen LogP contribution in [0.2, 0.25) is 0 Å². The molecule has 0 bridgehead atoms. The summed E-state index contributed by atoms with van der Waals surface area (Å²) in [4.78, 5) is 16.5. The van der Waals surface area contributed by atoms with Crippen molar-refractivity contribution in [2.45, 2.75) is 20.3 Å². The SMILES string of the molecule is CNc1nc(C(=O)NCCC(C)C)cc2ccccc12. The van der Waals surface area contributed by atoms with Gasteiger partial charge in [-0.3, -0.25) is 4.79 Å². The fraction of sp³-hybridized carbons (Fsp3) is 0.375. The first kappa shape index (κ1) is 14.3. The third-order valence-corrected chi connectivity index (χ3v) is 3.22. The van der Waals surface area contributed by atoms with Crippen molar-refractivity contribution in [1.82, 2.24) is 10.3 Å². The molecule has 2 N–H and O–H groups in total. The van der Waals surface area contributed by atoms with Crippen LogP contribution < -0.4 is 10.6 Å². The van der Waals surface area contributed by atoms with E-state index in [-0.39, 0.29) is 5.91 Å². The summed E-state index contributed by atoms with van der Waals surface area (Å²) in [6, 6.07) is 9.74. The molecule has 0 unspecified atom stereocenters. The Morgan fingerprint density at radius 3 is 2.75 bits per heavy atom. The first-order valence-corrected chi connectivity index (χ1v) is 6.97. The molecule has 20 heavy (non-hydrogen) atoms. The Morgan fingerprint density at radius 2 is 2.05 bits per heavy atom. The molecule has 0 atom stereocenters. The third kappa shape index (κ3) is 3.26. The molecule has 2 aromatic rings. The van der Waals surface area contributed by atoms with Gasteiger partial charge in [0.2, 0.25) is 0 Å². The maximum absolute atomic E-state index is 12.1. The number of rotatable bonds is 5. The summed E-state index contributed by atoms with van der Waals surface area (Å²) in [5.41, 5.74) is 0.455. The fourth-order valence-corrected chi connectivity index (χ4v) is 2.07. The van der Waals surface area contributed by atoms with E-state index in [4.69, 9.17) is 0 Å². The number of pyridine rings is 1. The number of fused-ring (bicyclic) bond motifs is 1. The second-order valence-corrected chi connectivity index (χ2v) is 5.27. The summed E-state index contributed by atoms with van der Waals surface area (Å²) < 4.78 is 0. The highest BCUT2D eigenvalue weighted by molar-refractivity contribution is 6.00. The summed E-state index contributed by atoms with van der Waals surface area (Å²) >= 11 is 0. The van der Waals surface area contributed by atoms with E-state index in [1.54, 1.807) is 0 Å². The lowest BCUT2D eigenvalue weighted by atomic mass is 10.1. The molecule has 0 fully saturated rings. The average Bonchev–Trinajstić information content (AvgIpc) is 2.45. The zero-order valence-electron chi connectivity index (χ0n) is 12.2. The van der Waals surface area contributed by atoms with Crippen molar-refractivity contribution in [3.63, 3.8) is 0 Å². The van der Waals surface area contributed by atoms with Gasteiger partial charge in [-0.15, -0.1) is 0 Å². The van der Waals surface area contributed by atoms with E-state index in [0.29, 0.717) is 18.2 Å². The van der Waals surface area contributed by atoms with Gasteiger partial charge in [0.1, 0.15) is 11.5 Å². The molecule has 0 aliphatic rings. The molecule has 0 saturated carbocycles. The number of nitrogens with zero attached hydrogens (tertiary/aromatic N) is 1. The molecule has 1 amide bonds. The Labute approximate surface area is 119 Å². The van der Waals surface area contributed by atoms with Crippen molar-refractivity contribution in [3.8, 4) is 0 Å². The van der Waals surface area contributed by atoms with Crippen LogP contribution in [-0.2, 0) is 0 Å². The first-order chi connectivity index (χ1) is 9.61. The molecule has 0 aliphatic heterocycles. The van der Waals surface area contributed by atoms with Crippen LogP contribution in [0.5, 0.6) is 0 Å². The molecule has 0 saturated heterocycles. The number of benzene rings is 1. The van der Waals surface area contributed by atoms with Crippen molar-refractivity contribution in [1.29, 1.82) is 0 Å². The van der Waals surface area contributed by atoms with Crippen molar-refractivity contribution >= 4 is 22.5 Å². The molecule has 0 spiro atoms. The van der Waals surface area contributed by atoms with Gasteiger partial charge in [0.05, 0.1) is 0 Å². The van der Waals surface area contributed by atoms with Crippen LogP contribution in [0, 0.1) is 5.92 Å². The molecule has 1 aromatic carbocycles. The average molecular weight is 271 g/mol. The lowest BCUT2D eigenvalue weighted by molar-refractivity contribution is 0.0947. The molecule has 4 heteroatoms. The standard InChI is InChI=1S/C16H21N3O/c1-11(2)8-9-18-16(20)14-10-12-6-4-5-7-13(12)15(17-3)19-14/h4-7,10-11H,8-9H2,1-3H3,(H,17,19)(H,18,20). The second-order valence-electron chi connectivity index (χ2n) is 5.27. The van der Waals surface area contributed by atoms with E-state index in [2.05, 4.69) is 29.5 Å². The van der Waals surface area contributed by atoms with Gasteiger partial charge < -0.3 is 10.6 Å². The predicted molar refractivity (Wildman–Crippen MR) is 83.1 cm³/mol. The van der Waals surface area contributed by atoms with E-state index < -0.39 is 0 Å². The molecule has 1 aromatic heterocycles. The number of aromatic nitrogens is 1. The highest BCUT2D eigenvalue weighted by atomic mass is 16.1. The van der Waals surface area contributed by atoms with E-state index in [0.717, 1.165) is 23.0 Å². The van der Waals surface area contributed by atoms with Crippen LogP contribution in [0.3, 0.4) is 0 Å². The monoisotopic (exact) mass is 271 g/mol. The summed E-state index contributed by atoms with van der Waals surface area (Å²) in [5, 5.41) is 8.00. The highest BCUT2D eigenvalue weighted by Gasteiger charge is 2.11. The Bertz CT molecular complexity index is 608. The number of hydrogen-bond donors (Lipinski definition) is 2. The zero-order valence-corrected chi connectivity index (χ0v) is 12.2. The van der Waals surface area contributed by atoms with Gasteiger partial charge in [0.25, 0.3) is 5.91 Å². The van der Waals surface area contributed by atoms with Crippen LogP contribution in [0.1, 0.15) is 30.8 Å². The minimum atomic E-state index is -0.118. The van der Waals surface area contributed by atoms with Crippen LogP contribution in [0.4, 0.5) is 5.82 Å². The number of carbonyl (C=O) groups excluding carboxylic acids is 1. The molecule has 2 rings (SSSR count). The normalized spacial score (nSPS) is 10.8. The number of nitrogens with one attached hydrogen (secondary N) is 2. The summed E-state index contributed by atoms with van der Waals surface area (Å²) in [7, 11) is 1.81. The minimum absolute atomic E-state index is 0.118. The summed E-state index contributed by atoms with van der Waals surface area (Å²) in [5.74, 6) is 1.19. The summed E-state index contributed by atoms with van der Waals surface area (Å²) in [6.45, 7) is 4.96. The Hall–Kier alpha value is -2.10. The van der Waals surface area contributed by atoms with Gasteiger partial charge in [-0.05, 0) is 23.8 Å². The van der Waals surface area contributed by atoms with Crippen LogP contribution in [0.15, 0.2) is 30.3 Å². The van der Waals surface area contributed by atoms with E-state index in [9.17, 15) is 4.79 Å². The Kier molecular flexibility index (Phi) is 4.56. The van der Waals surface area contributed by atoms with Crippen LogP contribution in [0.25, 0.3) is 10.8 Å². The maximum atomic E-state index is 12.1. The topological polar surface area (TPSA) is 54.0 Å². The van der Waals surface area contributed by atoms with Gasteiger partial charge in [-0.2, -0.15) is 0 Å². The van der Waals surface area contributed by atoms with E-state index >= 15 is 0 Å². The Balaban J connectivity index is 2.23. The minimum Gasteiger partial charge on any atom is -0.373 e. The van der Waals surface area contributed by atoms with Gasteiger partial charge >= 0.3 is 0 Å². The van der Waals surface area contributed by atoms with Crippen molar-refractivity contribution in [2.75, 3.05) is 18.9 Å². The summed E-state index contributed by atoms with van der Waals surface area (Å²) in [6.07, 6.45) is 0.970. The molecule has 0 aliphatic carbocycles. The van der Waals surface area contributed by atoms with Gasteiger partial charge in [0.15, 0.2) is 0 Å².